The van der Waals surface area contributed by atoms with Crippen LogP contribution in [0.5, 0.6) is 0 Å². The number of fused-ring (bicyclic) bond motifs is 2. The number of nitrogens with zero attached hydrogens (tertiary/aromatic N) is 9. The second-order valence-corrected chi connectivity index (χ2v) is 7.48. The molecule has 0 bridgehead atoms. The maximum Gasteiger partial charge on any atom is 0.221 e. The van der Waals surface area contributed by atoms with Gasteiger partial charge in [-0.3, -0.25) is 9.36 Å². The molecule has 0 amide bonds. The van der Waals surface area contributed by atoms with Crippen molar-refractivity contribution in [1.29, 1.82) is 0 Å². The Labute approximate surface area is 163 Å². The van der Waals surface area contributed by atoms with Crippen molar-refractivity contribution < 1.29 is 5.11 Å². The molecule has 0 aliphatic carbocycles. The molecule has 28 heavy (non-hydrogen) atoms. The summed E-state index contributed by atoms with van der Waals surface area (Å²) in [6.07, 6.45) is 7.26. The van der Waals surface area contributed by atoms with Crippen LogP contribution in [0.4, 0.5) is 0 Å². The van der Waals surface area contributed by atoms with Crippen LogP contribution >= 0.6 is 11.3 Å². The lowest BCUT2D eigenvalue weighted by atomic mass is 10.3. The lowest BCUT2D eigenvalue weighted by Gasteiger charge is -2.01. The van der Waals surface area contributed by atoms with Crippen LogP contribution in [0.3, 0.4) is 0 Å². The van der Waals surface area contributed by atoms with Gasteiger partial charge < -0.3 is 5.11 Å². The summed E-state index contributed by atoms with van der Waals surface area (Å²) in [5.74, 6) is 0. The van der Waals surface area contributed by atoms with Gasteiger partial charge in [0.05, 0.1) is 42.5 Å². The molecule has 5 rings (SSSR count). The second kappa shape index (κ2) is 6.77. The number of aliphatic hydroxyl groups excluding tert-OH is 1. The molecule has 0 aliphatic heterocycles. The van der Waals surface area contributed by atoms with Crippen molar-refractivity contribution in [2.75, 3.05) is 6.61 Å². The average molecular weight is 395 g/mol. The van der Waals surface area contributed by atoms with Crippen molar-refractivity contribution in [3.05, 3.63) is 35.7 Å². The predicted molar refractivity (Wildman–Crippen MR) is 104 cm³/mol. The molecule has 1 N–H and O–H groups in total. The summed E-state index contributed by atoms with van der Waals surface area (Å²) in [5.41, 5.74) is 3.64. The third kappa shape index (κ3) is 2.94. The summed E-state index contributed by atoms with van der Waals surface area (Å²) in [6.45, 7) is 3.97. The Hall–Kier alpha value is -3.18. The van der Waals surface area contributed by atoms with Crippen LogP contribution in [0.15, 0.2) is 30.9 Å². The minimum atomic E-state index is 0.0348. The fraction of sp³-hybridized carbons (Fsp3) is 0.294. The molecule has 0 saturated carbocycles. The van der Waals surface area contributed by atoms with Crippen molar-refractivity contribution in [3.63, 3.8) is 0 Å². The van der Waals surface area contributed by atoms with Gasteiger partial charge in [-0.25, -0.2) is 14.6 Å². The first kappa shape index (κ1) is 17.0. The van der Waals surface area contributed by atoms with Gasteiger partial charge in [-0.2, -0.15) is 10.2 Å². The van der Waals surface area contributed by atoms with E-state index in [1.807, 2.05) is 10.9 Å². The smallest absolute Gasteiger partial charge is 0.221 e. The largest absolute Gasteiger partial charge is 0.394 e. The number of aromatic nitrogens is 9. The molecule has 0 unspecified atom stereocenters. The molecular weight excluding hydrogens is 378 g/mol. The molecule has 0 saturated heterocycles. The molecule has 11 heteroatoms. The molecule has 0 atom stereocenters. The van der Waals surface area contributed by atoms with Crippen LogP contribution in [-0.2, 0) is 19.6 Å². The third-order valence-electron chi connectivity index (χ3n) is 4.41. The molecule has 5 aromatic heterocycles. The van der Waals surface area contributed by atoms with Gasteiger partial charge in [-0.1, -0.05) is 5.21 Å². The summed E-state index contributed by atoms with van der Waals surface area (Å²) in [5, 5.41) is 26.1. The van der Waals surface area contributed by atoms with E-state index in [9.17, 15) is 0 Å². The topological polar surface area (TPSA) is 112 Å². The monoisotopic (exact) mass is 395 g/mol. The van der Waals surface area contributed by atoms with Crippen LogP contribution in [0, 0.1) is 0 Å². The van der Waals surface area contributed by atoms with E-state index in [4.69, 9.17) is 5.11 Å². The number of aliphatic hydroxyl groups is 1. The highest BCUT2D eigenvalue weighted by atomic mass is 32.1. The molecular formula is C17H17N9OS. The quantitative estimate of drug-likeness (QED) is 0.464. The number of hydrogen-bond donors (Lipinski definition) is 1. The molecule has 0 aromatic carbocycles. The normalized spacial score (nSPS) is 11.8. The van der Waals surface area contributed by atoms with Crippen molar-refractivity contribution >= 4 is 32.8 Å². The number of rotatable bonds is 6. The zero-order valence-corrected chi connectivity index (χ0v) is 15.9. The van der Waals surface area contributed by atoms with Crippen molar-refractivity contribution in [3.8, 4) is 11.3 Å². The minimum absolute atomic E-state index is 0.0348. The molecule has 10 nitrogen and oxygen atoms in total. The molecule has 5 aromatic rings. The summed E-state index contributed by atoms with van der Waals surface area (Å²) in [7, 11) is 0. The fourth-order valence-electron chi connectivity index (χ4n) is 3.03. The summed E-state index contributed by atoms with van der Waals surface area (Å²) < 4.78 is 6.51. The van der Waals surface area contributed by atoms with Gasteiger partial charge in [0, 0.05) is 29.4 Å². The molecule has 5 heterocycles. The van der Waals surface area contributed by atoms with E-state index < -0.39 is 0 Å². The second-order valence-electron chi connectivity index (χ2n) is 6.31. The lowest BCUT2D eigenvalue weighted by molar-refractivity contribution is 0.269. The molecule has 142 valence electrons. The van der Waals surface area contributed by atoms with Crippen LogP contribution < -0.4 is 0 Å². The Bertz CT molecular complexity index is 1230. The van der Waals surface area contributed by atoms with Gasteiger partial charge >= 0.3 is 0 Å². The Morgan fingerprint density at radius 1 is 1.18 bits per heavy atom. The number of thiophene rings is 1. The van der Waals surface area contributed by atoms with Crippen LogP contribution in [0.25, 0.3) is 32.8 Å². The van der Waals surface area contributed by atoms with E-state index >= 15 is 0 Å². The van der Waals surface area contributed by atoms with Gasteiger partial charge in [0.2, 0.25) is 5.65 Å². The maximum absolute atomic E-state index is 9.04. The number of aryl methyl sites for hydroxylation is 1. The summed E-state index contributed by atoms with van der Waals surface area (Å²) in [6, 6.07) is 2.08. The Morgan fingerprint density at radius 2 is 2.11 bits per heavy atom. The van der Waals surface area contributed by atoms with Crippen molar-refractivity contribution in [2.45, 2.75) is 26.6 Å². The SMILES string of the molecule is CCn1cc2sc(Cn3nnc4ncc(-c5cnn(CCO)c5)nc43)cc2n1. The highest BCUT2D eigenvalue weighted by molar-refractivity contribution is 7.19. The van der Waals surface area contributed by atoms with Gasteiger partial charge in [-0.05, 0) is 13.0 Å². The van der Waals surface area contributed by atoms with E-state index in [1.54, 1.807) is 33.1 Å². The van der Waals surface area contributed by atoms with Gasteiger partial charge in [0.25, 0.3) is 0 Å². The summed E-state index contributed by atoms with van der Waals surface area (Å²) in [4.78, 5) is 10.2. The maximum atomic E-state index is 9.04. The van der Waals surface area contributed by atoms with Crippen LogP contribution in [0.1, 0.15) is 11.8 Å². The highest BCUT2D eigenvalue weighted by Crippen LogP contribution is 2.26. The molecule has 0 spiro atoms. The van der Waals surface area contributed by atoms with E-state index in [0.717, 1.165) is 27.2 Å². The summed E-state index contributed by atoms with van der Waals surface area (Å²) >= 11 is 1.69. The first-order valence-electron chi connectivity index (χ1n) is 8.89. The van der Waals surface area contributed by atoms with Gasteiger partial charge in [0.15, 0.2) is 5.65 Å². The third-order valence-corrected chi connectivity index (χ3v) is 5.45. The van der Waals surface area contributed by atoms with Gasteiger partial charge in [-0.15, -0.1) is 16.4 Å². The minimum Gasteiger partial charge on any atom is -0.394 e. The first-order chi connectivity index (χ1) is 13.7. The van der Waals surface area contributed by atoms with Crippen LogP contribution in [0.2, 0.25) is 0 Å². The zero-order chi connectivity index (χ0) is 19.1. The Kier molecular flexibility index (Phi) is 4.10. The van der Waals surface area contributed by atoms with Crippen molar-refractivity contribution in [1.82, 2.24) is 44.5 Å². The number of hydrogen-bond acceptors (Lipinski definition) is 8. The molecule has 0 aliphatic rings. The van der Waals surface area contributed by atoms with Gasteiger partial charge in [0.1, 0.15) is 5.52 Å². The highest BCUT2D eigenvalue weighted by Gasteiger charge is 2.13. The first-order valence-corrected chi connectivity index (χ1v) is 9.71. The van der Waals surface area contributed by atoms with E-state index in [-0.39, 0.29) is 6.61 Å². The van der Waals surface area contributed by atoms with E-state index in [2.05, 4.69) is 49.7 Å². The van der Waals surface area contributed by atoms with E-state index in [0.29, 0.717) is 30.1 Å². The zero-order valence-electron chi connectivity index (χ0n) is 15.1. The molecule has 0 fully saturated rings. The Balaban J connectivity index is 1.47. The Morgan fingerprint density at radius 3 is 2.93 bits per heavy atom. The fourth-order valence-corrected chi connectivity index (χ4v) is 4.05. The van der Waals surface area contributed by atoms with E-state index in [1.165, 1.54) is 0 Å². The standard InChI is InChI=1S/C17H17N9OS/c1-2-24-10-15-13(22-24)5-12(28-15)9-26-17-16(21-23-26)18-7-14(20-17)11-6-19-25(8-11)3-4-27/h5-8,10,27H,2-4,9H2,1H3. The van der Waals surface area contributed by atoms with Crippen LogP contribution in [-0.4, -0.2) is 56.2 Å². The average Bonchev–Trinajstić information content (AvgIpc) is 3.45. The lowest BCUT2D eigenvalue weighted by Crippen LogP contribution is -2.02. The molecule has 0 radical (unpaired) electrons. The van der Waals surface area contributed by atoms with Crippen molar-refractivity contribution in [2.24, 2.45) is 0 Å². The predicted octanol–water partition coefficient (Wildman–Crippen LogP) is 1.56.